The van der Waals surface area contributed by atoms with Crippen LogP contribution in [0.5, 0.6) is 0 Å². The topological polar surface area (TPSA) is 75.5 Å². The molecule has 2 heterocycles. The SMILES string of the molecule is O=C(Cn1cccn1)N1CCN(S(=O)(=O)c2ccc(C(F)(F)F)cc2)CC1. The van der Waals surface area contributed by atoms with Crippen LogP contribution in [0.3, 0.4) is 0 Å². The second-order valence-corrected chi connectivity index (χ2v) is 7.95. The third-order valence-electron chi connectivity index (χ3n) is 4.27. The van der Waals surface area contributed by atoms with Crippen LogP contribution in [0, 0.1) is 0 Å². The predicted molar refractivity (Wildman–Crippen MR) is 89.0 cm³/mol. The summed E-state index contributed by atoms with van der Waals surface area (Å²) < 4.78 is 65.7. The van der Waals surface area contributed by atoms with E-state index in [-0.39, 0.29) is 43.5 Å². The van der Waals surface area contributed by atoms with E-state index in [0.29, 0.717) is 0 Å². The van der Waals surface area contributed by atoms with Gasteiger partial charge in [0.25, 0.3) is 0 Å². The fourth-order valence-corrected chi connectivity index (χ4v) is 4.20. The summed E-state index contributed by atoms with van der Waals surface area (Å²) in [5, 5.41) is 3.95. The summed E-state index contributed by atoms with van der Waals surface area (Å²) in [5.74, 6) is -0.176. The lowest BCUT2D eigenvalue weighted by molar-refractivity contribution is -0.137. The second-order valence-electron chi connectivity index (χ2n) is 6.01. The maximum Gasteiger partial charge on any atom is 0.416 e. The Morgan fingerprint density at radius 2 is 1.70 bits per heavy atom. The Labute approximate surface area is 154 Å². The molecule has 7 nitrogen and oxygen atoms in total. The number of aromatic nitrogens is 2. The van der Waals surface area contributed by atoms with Crippen LogP contribution in [0.25, 0.3) is 0 Å². The molecule has 0 radical (unpaired) electrons. The van der Waals surface area contributed by atoms with Gasteiger partial charge in [0.1, 0.15) is 6.54 Å². The molecular weight excluding hydrogens is 385 g/mol. The molecule has 1 aliphatic heterocycles. The van der Waals surface area contributed by atoms with Gasteiger partial charge in [-0.05, 0) is 30.3 Å². The van der Waals surface area contributed by atoms with Crippen LogP contribution >= 0.6 is 0 Å². The van der Waals surface area contributed by atoms with Crippen LogP contribution in [0.4, 0.5) is 13.2 Å². The van der Waals surface area contributed by atoms with Gasteiger partial charge in [-0.1, -0.05) is 0 Å². The van der Waals surface area contributed by atoms with E-state index in [1.807, 2.05) is 0 Å². The molecule has 1 fully saturated rings. The van der Waals surface area contributed by atoms with Gasteiger partial charge < -0.3 is 4.90 Å². The molecule has 1 aliphatic rings. The molecular formula is C16H17F3N4O3S. The van der Waals surface area contributed by atoms with Crippen molar-refractivity contribution in [3.63, 3.8) is 0 Å². The molecule has 0 spiro atoms. The van der Waals surface area contributed by atoms with Crippen molar-refractivity contribution in [2.45, 2.75) is 17.6 Å². The van der Waals surface area contributed by atoms with Gasteiger partial charge in [0.2, 0.25) is 15.9 Å². The number of nitrogens with zero attached hydrogens (tertiary/aromatic N) is 4. The lowest BCUT2D eigenvalue weighted by Crippen LogP contribution is -2.51. The first-order valence-electron chi connectivity index (χ1n) is 8.10. The summed E-state index contributed by atoms with van der Waals surface area (Å²) in [6, 6.07) is 5.09. The predicted octanol–water partition coefficient (Wildman–Crippen LogP) is 1.44. The normalized spacial score (nSPS) is 16.5. The molecule has 11 heteroatoms. The molecule has 146 valence electrons. The number of benzene rings is 1. The average Bonchev–Trinajstić information content (AvgIpc) is 3.14. The van der Waals surface area contributed by atoms with E-state index in [1.54, 1.807) is 23.4 Å². The Bertz CT molecular complexity index is 888. The first-order valence-corrected chi connectivity index (χ1v) is 9.54. The lowest BCUT2D eigenvalue weighted by atomic mass is 10.2. The Hall–Kier alpha value is -2.40. The zero-order valence-electron chi connectivity index (χ0n) is 14.1. The summed E-state index contributed by atoms with van der Waals surface area (Å²) >= 11 is 0. The number of carbonyl (C=O) groups excluding carboxylic acids is 1. The van der Waals surface area contributed by atoms with Gasteiger partial charge in [-0.2, -0.15) is 22.6 Å². The lowest BCUT2D eigenvalue weighted by Gasteiger charge is -2.34. The minimum absolute atomic E-state index is 0.0681. The van der Waals surface area contributed by atoms with Gasteiger partial charge in [-0.15, -0.1) is 0 Å². The summed E-state index contributed by atoms with van der Waals surface area (Å²) in [6.45, 7) is 0.640. The smallest absolute Gasteiger partial charge is 0.338 e. The highest BCUT2D eigenvalue weighted by Gasteiger charge is 2.33. The van der Waals surface area contributed by atoms with Crippen molar-refractivity contribution >= 4 is 15.9 Å². The highest BCUT2D eigenvalue weighted by molar-refractivity contribution is 7.89. The van der Waals surface area contributed by atoms with Crippen molar-refractivity contribution in [1.29, 1.82) is 0 Å². The number of halogens is 3. The molecule has 0 atom stereocenters. The van der Waals surface area contributed by atoms with Crippen molar-refractivity contribution in [1.82, 2.24) is 19.0 Å². The zero-order chi connectivity index (χ0) is 19.7. The summed E-state index contributed by atoms with van der Waals surface area (Å²) in [6.07, 6.45) is -1.31. The van der Waals surface area contributed by atoms with Gasteiger partial charge >= 0.3 is 6.18 Å². The highest BCUT2D eigenvalue weighted by atomic mass is 32.2. The number of piperazine rings is 1. The molecule has 0 N–H and O–H groups in total. The van der Waals surface area contributed by atoms with Crippen molar-refractivity contribution in [2.75, 3.05) is 26.2 Å². The van der Waals surface area contributed by atoms with Crippen LogP contribution < -0.4 is 0 Å². The molecule has 2 aromatic rings. The van der Waals surface area contributed by atoms with Crippen molar-refractivity contribution in [3.8, 4) is 0 Å². The third-order valence-corrected chi connectivity index (χ3v) is 6.18. The molecule has 0 unspecified atom stereocenters. The molecule has 27 heavy (non-hydrogen) atoms. The van der Waals surface area contributed by atoms with Crippen LogP contribution in [0.2, 0.25) is 0 Å². The molecule has 0 aliphatic carbocycles. The van der Waals surface area contributed by atoms with Crippen molar-refractivity contribution in [3.05, 3.63) is 48.3 Å². The summed E-state index contributed by atoms with van der Waals surface area (Å²) in [7, 11) is -3.91. The van der Waals surface area contributed by atoms with Crippen LogP contribution in [0.15, 0.2) is 47.6 Å². The van der Waals surface area contributed by atoms with Crippen LogP contribution in [-0.2, 0) is 27.5 Å². The molecule has 1 saturated heterocycles. The van der Waals surface area contributed by atoms with Gasteiger partial charge in [0, 0.05) is 38.6 Å². The van der Waals surface area contributed by atoms with Gasteiger partial charge in [0.05, 0.1) is 10.5 Å². The number of carbonyl (C=O) groups is 1. The van der Waals surface area contributed by atoms with E-state index in [4.69, 9.17) is 0 Å². The minimum atomic E-state index is -4.52. The fourth-order valence-electron chi connectivity index (χ4n) is 2.78. The van der Waals surface area contributed by atoms with Crippen molar-refractivity contribution in [2.24, 2.45) is 0 Å². The first kappa shape index (κ1) is 19.4. The number of hydrogen-bond donors (Lipinski definition) is 0. The van der Waals surface area contributed by atoms with E-state index in [9.17, 15) is 26.4 Å². The van der Waals surface area contributed by atoms with E-state index < -0.39 is 21.8 Å². The number of alkyl halides is 3. The quantitative estimate of drug-likeness (QED) is 0.776. The molecule has 0 bridgehead atoms. The maximum absolute atomic E-state index is 12.6. The van der Waals surface area contributed by atoms with E-state index in [2.05, 4.69) is 5.10 Å². The third kappa shape index (κ3) is 4.30. The standard InChI is InChI=1S/C16H17F3N4O3S/c17-16(18,19)13-2-4-14(5-3-13)27(25,26)23-10-8-21(9-11-23)15(24)12-22-7-1-6-20-22/h1-7H,8-12H2. The molecule has 1 aromatic carbocycles. The molecule has 3 rings (SSSR count). The van der Waals surface area contributed by atoms with E-state index >= 15 is 0 Å². The summed E-state index contributed by atoms with van der Waals surface area (Å²) in [5.41, 5.74) is -0.907. The Morgan fingerprint density at radius 1 is 1.07 bits per heavy atom. The number of hydrogen-bond acceptors (Lipinski definition) is 4. The van der Waals surface area contributed by atoms with Gasteiger partial charge in [-0.25, -0.2) is 8.42 Å². The van der Waals surface area contributed by atoms with Crippen molar-refractivity contribution < 1.29 is 26.4 Å². The Kier molecular flexibility index (Phi) is 5.24. The minimum Gasteiger partial charge on any atom is -0.338 e. The van der Waals surface area contributed by atoms with Crippen LogP contribution in [0.1, 0.15) is 5.56 Å². The Balaban J connectivity index is 1.63. The maximum atomic E-state index is 12.6. The van der Waals surface area contributed by atoms with Gasteiger partial charge in [-0.3, -0.25) is 9.48 Å². The van der Waals surface area contributed by atoms with Crippen LogP contribution in [-0.4, -0.2) is 59.5 Å². The largest absolute Gasteiger partial charge is 0.416 e. The molecule has 1 aromatic heterocycles. The number of amides is 1. The monoisotopic (exact) mass is 402 g/mol. The highest BCUT2D eigenvalue weighted by Crippen LogP contribution is 2.30. The Morgan fingerprint density at radius 3 is 2.22 bits per heavy atom. The number of rotatable bonds is 4. The van der Waals surface area contributed by atoms with E-state index in [1.165, 1.54) is 8.99 Å². The molecule has 0 saturated carbocycles. The van der Waals surface area contributed by atoms with E-state index in [0.717, 1.165) is 24.3 Å². The number of sulfonamides is 1. The average molecular weight is 402 g/mol. The molecule has 1 amide bonds. The first-order chi connectivity index (χ1) is 12.7. The van der Waals surface area contributed by atoms with Gasteiger partial charge in [0.15, 0.2) is 0 Å². The second kappa shape index (κ2) is 7.31. The zero-order valence-corrected chi connectivity index (χ0v) is 14.9. The summed E-state index contributed by atoms with van der Waals surface area (Å²) in [4.78, 5) is 13.6. The fraction of sp³-hybridized carbons (Fsp3) is 0.375.